The molecule has 3 rings (SSSR count). The fourth-order valence-corrected chi connectivity index (χ4v) is 3.28. The van der Waals surface area contributed by atoms with E-state index in [1.165, 1.54) is 10.9 Å². The van der Waals surface area contributed by atoms with Crippen LogP contribution in [-0.2, 0) is 17.6 Å². The van der Waals surface area contributed by atoms with Gasteiger partial charge in [0.15, 0.2) is 0 Å². The second kappa shape index (κ2) is 10.4. The van der Waals surface area contributed by atoms with E-state index in [9.17, 15) is 4.79 Å². The Labute approximate surface area is 171 Å². The van der Waals surface area contributed by atoms with Crippen molar-refractivity contribution >= 4 is 22.5 Å². The van der Waals surface area contributed by atoms with Crippen molar-refractivity contribution in [3.05, 3.63) is 83.9 Å². The number of nitrogens with zero attached hydrogens (tertiary/aromatic N) is 1. The maximum absolute atomic E-state index is 12.0. The van der Waals surface area contributed by atoms with Crippen LogP contribution in [0.25, 0.3) is 10.8 Å². The van der Waals surface area contributed by atoms with Gasteiger partial charge in [0.25, 0.3) is 0 Å². The van der Waals surface area contributed by atoms with E-state index in [4.69, 9.17) is 11.6 Å². The molecule has 6 nitrogen and oxygen atoms in total. The van der Waals surface area contributed by atoms with E-state index < -0.39 is 0 Å². The molecule has 6 N–H and O–H groups in total. The number of aliphatic imine (C=N–C) groups is 1. The van der Waals surface area contributed by atoms with Gasteiger partial charge in [-0.2, -0.15) is 0 Å². The van der Waals surface area contributed by atoms with E-state index in [0.29, 0.717) is 18.8 Å². The second-order valence-electron chi connectivity index (χ2n) is 6.86. The van der Waals surface area contributed by atoms with Gasteiger partial charge in [-0.25, -0.2) is 5.84 Å². The summed E-state index contributed by atoms with van der Waals surface area (Å²) in [5.74, 6) is 6.04. The Morgan fingerprint density at radius 3 is 2.38 bits per heavy atom. The van der Waals surface area contributed by atoms with Crippen LogP contribution >= 0.6 is 0 Å². The van der Waals surface area contributed by atoms with Crippen molar-refractivity contribution < 1.29 is 4.79 Å². The number of nitrogens with two attached hydrogens (primary N) is 2. The van der Waals surface area contributed by atoms with Gasteiger partial charge in [-0.1, -0.05) is 72.8 Å². The van der Waals surface area contributed by atoms with Crippen molar-refractivity contribution in [3.63, 3.8) is 0 Å². The van der Waals surface area contributed by atoms with Crippen molar-refractivity contribution in [2.75, 3.05) is 13.1 Å². The van der Waals surface area contributed by atoms with Gasteiger partial charge in [-0.3, -0.25) is 9.79 Å². The Balaban J connectivity index is 1.77. The van der Waals surface area contributed by atoms with Gasteiger partial charge >= 0.3 is 0 Å². The molecule has 0 unspecified atom stereocenters. The van der Waals surface area contributed by atoms with E-state index >= 15 is 0 Å². The van der Waals surface area contributed by atoms with Gasteiger partial charge in [0, 0.05) is 6.54 Å². The Kier molecular flexibility index (Phi) is 7.33. The Morgan fingerprint density at radius 2 is 1.66 bits per heavy atom. The van der Waals surface area contributed by atoms with E-state index in [0.717, 1.165) is 17.4 Å². The molecule has 0 saturated carbocycles. The number of amidine groups is 1. The van der Waals surface area contributed by atoms with Gasteiger partial charge in [-0.15, -0.1) is 0 Å². The number of hydrogen-bond donors (Lipinski definition) is 4. The van der Waals surface area contributed by atoms with Gasteiger partial charge in [-0.05, 0) is 34.7 Å². The summed E-state index contributed by atoms with van der Waals surface area (Å²) in [6.45, 7) is 0.479. The Bertz CT molecular complexity index is 971. The third-order valence-corrected chi connectivity index (χ3v) is 4.78. The predicted molar refractivity (Wildman–Crippen MR) is 118 cm³/mol. The van der Waals surface area contributed by atoms with Crippen LogP contribution in [0.1, 0.15) is 11.1 Å². The first-order chi connectivity index (χ1) is 14.2. The third-order valence-electron chi connectivity index (χ3n) is 4.78. The van der Waals surface area contributed by atoms with E-state index in [-0.39, 0.29) is 18.5 Å². The molecule has 0 aromatic heterocycles. The standard InChI is InChI=1S/C23H27N5O/c24-16-22(29)27-21(15-18-10-11-19-8-4-5-9-20(19)14-18)23(28-25)26-13-12-17-6-2-1-3-7-17/h1-11,14,21H,12-13,15-16,24-25H2,(H,26,28)(H,27,29)/t21-/m1/s1. The minimum absolute atomic E-state index is 0.0872. The minimum atomic E-state index is -0.381. The number of hydrazine groups is 1. The van der Waals surface area contributed by atoms with Crippen molar-refractivity contribution in [1.82, 2.24) is 10.7 Å². The van der Waals surface area contributed by atoms with Crippen LogP contribution in [0.2, 0.25) is 0 Å². The lowest BCUT2D eigenvalue weighted by Crippen LogP contribution is -2.51. The monoisotopic (exact) mass is 389 g/mol. The SMILES string of the molecule is NCC(=O)N[C@H](Cc1ccc2ccccc2c1)C(=NCCc1ccccc1)NN. The summed E-state index contributed by atoms with van der Waals surface area (Å²) in [5.41, 5.74) is 10.5. The van der Waals surface area contributed by atoms with Crippen molar-refractivity contribution in [1.29, 1.82) is 0 Å². The van der Waals surface area contributed by atoms with Gasteiger partial charge in [0.05, 0.1) is 12.6 Å². The normalized spacial score (nSPS) is 12.6. The molecule has 6 heteroatoms. The van der Waals surface area contributed by atoms with Crippen LogP contribution in [-0.4, -0.2) is 30.9 Å². The molecule has 0 radical (unpaired) electrons. The quantitative estimate of drug-likeness (QED) is 0.204. The zero-order valence-corrected chi connectivity index (χ0v) is 16.3. The smallest absolute Gasteiger partial charge is 0.234 e. The minimum Gasteiger partial charge on any atom is -0.345 e. The van der Waals surface area contributed by atoms with Crippen LogP contribution in [0.5, 0.6) is 0 Å². The van der Waals surface area contributed by atoms with Crippen LogP contribution in [0.3, 0.4) is 0 Å². The molecule has 1 amide bonds. The first-order valence-corrected chi connectivity index (χ1v) is 9.71. The average Bonchev–Trinajstić information content (AvgIpc) is 2.77. The Hall–Kier alpha value is -3.22. The highest BCUT2D eigenvalue weighted by atomic mass is 16.1. The van der Waals surface area contributed by atoms with Crippen LogP contribution in [0.15, 0.2) is 77.8 Å². The molecule has 0 fully saturated rings. The molecule has 0 aliphatic carbocycles. The number of benzene rings is 3. The van der Waals surface area contributed by atoms with Crippen molar-refractivity contribution in [3.8, 4) is 0 Å². The van der Waals surface area contributed by atoms with Crippen molar-refractivity contribution in [2.45, 2.75) is 18.9 Å². The largest absolute Gasteiger partial charge is 0.345 e. The molecular formula is C23H27N5O. The van der Waals surface area contributed by atoms with Gasteiger partial charge in [0.2, 0.25) is 5.91 Å². The summed E-state index contributed by atoms with van der Waals surface area (Å²) in [6.07, 6.45) is 1.35. The molecular weight excluding hydrogens is 362 g/mol. The highest BCUT2D eigenvalue weighted by Gasteiger charge is 2.18. The topological polar surface area (TPSA) is 106 Å². The van der Waals surface area contributed by atoms with Gasteiger partial charge in [0.1, 0.15) is 5.84 Å². The molecule has 3 aromatic rings. The van der Waals surface area contributed by atoms with E-state index in [1.807, 2.05) is 30.3 Å². The summed E-state index contributed by atoms with van der Waals surface area (Å²) in [6, 6.07) is 24.2. The number of hydrogen-bond acceptors (Lipinski definition) is 4. The number of rotatable bonds is 8. The molecule has 0 saturated heterocycles. The average molecular weight is 390 g/mol. The van der Waals surface area contributed by atoms with Crippen LogP contribution in [0.4, 0.5) is 0 Å². The molecule has 0 spiro atoms. The molecule has 150 valence electrons. The molecule has 1 atom stereocenters. The highest BCUT2D eigenvalue weighted by Crippen LogP contribution is 2.17. The van der Waals surface area contributed by atoms with Crippen LogP contribution < -0.4 is 22.3 Å². The van der Waals surface area contributed by atoms with Crippen LogP contribution in [0, 0.1) is 0 Å². The van der Waals surface area contributed by atoms with Crippen molar-refractivity contribution in [2.24, 2.45) is 16.6 Å². The maximum Gasteiger partial charge on any atom is 0.234 e. The number of carbonyl (C=O) groups is 1. The number of carbonyl (C=O) groups excluding carboxylic acids is 1. The number of amides is 1. The van der Waals surface area contributed by atoms with E-state index in [2.05, 4.69) is 58.2 Å². The maximum atomic E-state index is 12.0. The highest BCUT2D eigenvalue weighted by molar-refractivity contribution is 5.92. The predicted octanol–water partition coefficient (Wildman–Crippen LogP) is 1.93. The summed E-state index contributed by atoms with van der Waals surface area (Å²) in [5, 5.41) is 5.25. The summed E-state index contributed by atoms with van der Waals surface area (Å²) in [4.78, 5) is 16.6. The summed E-state index contributed by atoms with van der Waals surface area (Å²) in [7, 11) is 0. The molecule has 3 aromatic carbocycles. The third kappa shape index (κ3) is 5.88. The molecule has 0 heterocycles. The lowest BCUT2D eigenvalue weighted by molar-refractivity contribution is -0.120. The molecule has 29 heavy (non-hydrogen) atoms. The zero-order chi connectivity index (χ0) is 20.5. The lowest BCUT2D eigenvalue weighted by atomic mass is 10.0. The molecule has 0 aliphatic heterocycles. The van der Waals surface area contributed by atoms with Gasteiger partial charge < -0.3 is 16.5 Å². The molecule has 0 bridgehead atoms. The molecule has 0 aliphatic rings. The first kappa shape index (κ1) is 20.5. The first-order valence-electron chi connectivity index (χ1n) is 9.71. The zero-order valence-electron chi connectivity index (χ0n) is 16.3. The van der Waals surface area contributed by atoms with E-state index in [1.54, 1.807) is 0 Å². The fourth-order valence-electron chi connectivity index (χ4n) is 3.28. The fraction of sp³-hybridized carbons (Fsp3) is 0.217. The Morgan fingerprint density at radius 1 is 0.931 bits per heavy atom. The summed E-state index contributed by atoms with van der Waals surface area (Å²) < 4.78 is 0. The summed E-state index contributed by atoms with van der Waals surface area (Å²) >= 11 is 0. The second-order valence-corrected chi connectivity index (χ2v) is 6.86. The number of nitrogens with one attached hydrogen (secondary N) is 2. The lowest BCUT2D eigenvalue weighted by Gasteiger charge is -2.21. The number of fused-ring (bicyclic) bond motifs is 1.